The van der Waals surface area contributed by atoms with E-state index in [0.29, 0.717) is 13.2 Å². The van der Waals surface area contributed by atoms with Crippen LogP contribution < -0.4 is 0 Å². The first-order valence-electron chi connectivity index (χ1n) is 9.22. The summed E-state index contributed by atoms with van der Waals surface area (Å²) in [5, 5.41) is 0. The molecule has 0 N–H and O–H groups in total. The largest absolute Gasteiger partial charge is 0.463 e. The average Bonchev–Trinajstić information content (AvgIpc) is 3.20. The van der Waals surface area contributed by atoms with Crippen LogP contribution in [0, 0.1) is 0 Å². The highest BCUT2D eigenvalue weighted by molar-refractivity contribution is 5.77. The Balaban J connectivity index is 1.56. The molecule has 0 aromatic rings. The lowest BCUT2D eigenvalue weighted by molar-refractivity contribution is -0.169. The second-order valence-corrected chi connectivity index (χ2v) is 6.94. The lowest BCUT2D eigenvalue weighted by Gasteiger charge is -2.21. The minimum absolute atomic E-state index is 0.0356. The molecule has 0 aromatic carbocycles. The summed E-state index contributed by atoms with van der Waals surface area (Å²) < 4.78 is 32.7. The third-order valence-corrected chi connectivity index (χ3v) is 4.66. The summed E-state index contributed by atoms with van der Waals surface area (Å²) >= 11 is 0. The van der Waals surface area contributed by atoms with Gasteiger partial charge in [0.05, 0.1) is 26.1 Å². The van der Waals surface area contributed by atoms with E-state index in [2.05, 4.69) is 0 Å². The van der Waals surface area contributed by atoms with E-state index in [1.165, 1.54) is 0 Å². The van der Waals surface area contributed by atoms with Crippen molar-refractivity contribution in [3.63, 3.8) is 0 Å². The molecular formula is C18H30O8. The standard InChI is InChI=1S/C18H30O8/c1-5-17(3)23-11-13(25-17)9-21-15(19)7-8-16(20)22-10-14-12-24-18(4,6-2)26-14/h13-14H,5-12H2,1-4H3. The van der Waals surface area contributed by atoms with Gasteiger partial charge in [0, 0.05) is 0 Å². The second kappa shape index (κ2) is 9.12. The molecule has 0 amide bonds. The van der Waals surface area contributed by atoms with Crippen molar-refractivity contribution < 1.29 is 38.0 Å². The predicted molar refractivity (Wildman–Crippen MR) is 90.2 cm³/mol. The van der Waals surface area contributed by atoms with Gasteiger partial charge in [-0.2, -0.15) is 0 Å². The number of rotatable bonds is 9. The van der Waals surface area contributed by atoms with Gasteiger partial charge < -0.3 is 28.4 Å². The van der Waals surface area contributed by atoms with E-state index in [9.17, 15) is 9.59 Å². The minimum atomic E-state index is -0.610. The van der Waals surface area contributed by atoms with Crippen molar-refractivity contribution >= 4 is 11.9 Å². The molecule has 4 atom stereocenters. The van der Waals surface area contributed by atoms with Gasteiger partial charge >= 0.3 is 11.9 Å². The van der Waals surface area contributed by atoms with Crippen molar-refractivity contribution in [3.8, 4) is 0 Å². The number of hydrogen-bond acceptors (Lipinski definition) is 8. The Morgan fingerprint density at radius 2 is 1.23 bits per heavy atom. The lowest BCUT2D eigenvalue weighted by Crippen LogP contribution is -2.28. The molecule has 0 radical (unpaired) electrons. The zero-order valence-electron chi connectivity index (χ0n) is 16.1. The highest BCUT2D eigenvalue weighted by atomic mass is 16.8. The van der Waals surface area contributed by atoms with Gasteiger partial charge in [0.15, 0.2) is 11.6 Å². The van der Waals surface area contributed by atoms with E-state index in [-0.39, 0.29) is 38.3 Å². The average molecular weight is 374 g/mol. The topological polar surface area (TPSA) is 89.5 Å². The zero-order valence-corrected chi connectivity index (χ0v) is 16.1. The van der Waals surface area contributed by atoms with Crippen LogP contribution in [0.25, 0.3) is 0 Å². The summed E-state index contributed by atoms with van der Waals surface area (Å²) in [6.45, 7) is 8.65. The maximum absolute atomic E-state index is 11.7. The second-order valence-electron chi connectivity index (χ2n) is 6.94. The summed E-state index contributed by atoms with van der Waals surface area (Å²) in [4.78, 5) is 23.5. The molecule has 0 bridgehead atoms. The molecule has 2 heterocycles. The molecule has 150 valence electrons. The van der Waals surface area contributed by atoms with Crippen LogP contribution in [0.5, 0.6) is 0 Å². The molecule has 2 fully saturated rings. The highest BCUT2D eigenvalue weighted by Gasteiger charge is 2.37. The van der Waals surface area contributed by atoms with Gasteiger partial charge in [-0.3, -0.25) is 9.59 Å². The Morgan fingerprint density at radius 1 is 0.846 bits per heavy atom. The molecule has 4 unspecified atom stereocenters. The number of carbonyl (C=O) groups excluding carboxylic acids is 2. The first-order valence-corrected chi connectivity index (χ1v) is 9.22. The number of ether oxygens (including phenoxy) is 6. The molecule has 0 aliphatic carbocycles. The first-order chi connectivity index (χ1) is 12.3. The molecule has 8 heteroatoms. The number of hydrogen-bond donors (Lipinski definition) is 0. The van der Waals surface area contributed by atoms with Crippen LogP contribution >= 0.6 is 0 Å². The summed E-state index contributed by atoms with van der Waals surface area (Å²) in [7, 11) is 0. The molecule has 2 aliphatic rings. The SMILES string of the molecule is CCC1(C)OCC(COC(=O)CCC(=O)OCC2COC(C)(CC)O2)O1. The van der Waals surface area contributed by atoms with E-state index in [1.54, 1.807) is 0 Å². The molecule has 0 saturated carbocycles. The van der Waals surface area contributed by atoms with E-state index < -0.39 is 23.5 Å². The van der Waals surface area contributed by atoms with Gasteiger partial charge in [-0.1, -0.05) is 13.8 Å². The van der Waals surface area contributed by atoms with Gasteiger partial charge in [-0.15, -0.1) is 0 Å². The van der Waals surface area contributed by atoms with Crippen LogP contribution in [-0.4, -0.2) is 62.1 Å². The van der Waals surface area contributed by atoms with Crippen LogP contribution in [0.1, 0.15) is 53.4 Å². The molecule has 0 aromatic heterocycles. The quantitative estimate of drug-likeness (QED) is 0.566. The van der Waals surface area contributed by atoms with Crippen molar-refractivity contribution in [1.82, 2.24) is 0 Å². The Bertz CT molecular complexity index is 452. The molecule has 8 nitrogen and oxygen atoms in total. The Labute approximate surface area is 154 Å². The fraction of sp³-hybridized carbons (Fsp3) is 0.889. The molecule has 0 spiro atoms. The van der Waals surface area contributed by atoms with Crippen molar-refractivity contribution in [1.29, 1.82) is 0 Å². The molecule has 2 aliphatic heterocycles. The van der Waals surface area contributed by atoms with E-state index in [4.69, 9.17) is 28.4 Å². The van der Waals surface area contributed by atoms with E-state index >= 15 is 0 Å². The maximum atomic E-state index is 11.7. The van der Waals surface area contributed by atoms with Crippen LogP contribution in [0.2, 0.25) is 0 Å². The van der Waals surface area contributed by atoms with Gasteiger partial charge in [0.1, 0.15) is 25.4 Å². The van der Waals surface area contributed by atoms with Crippen LogP contribution in [0.15, 0.2) is 0 Å². The predicted octanol–water partition coefficient (Wildman–Crippen LogP) is 1.94. The van der Waals surface area contributed by atoms with Crippen molar-refractivity contribution in [2.45, 2.75) is 77.2 Å². The molecular weight excluding hydrogens is 344 g/mol. The fourth-order valence-electron chi connectivity index (χ4n) is 2.63. The smallest absolute Gasteiger partial charge is 0.306 e. The molecule has 2 rings (SSSR count). The number of carbonyl (C=O) groups is 2. The van der Waals surface area contributed by atoms with Gasteiger partial charge in [-0.25, -0.2) is 0 Å². The summed E-state index contributed by atoms with van der Waals surface area (Å²) in [5.41, 5.74) is 0. The third kappa shape index (κ3) is 6.19. The van der Waals surface area contributed by atoms with E-state index in [0.717, 1.165) is 12.8 Å². The first kappa shape index (κ1) is 21.1. The van der Waals surface area contributed by atoms with E-state index in [1.807, 2.05) is 27.7 Å². The monoisotopic (exact) mass is 374 g/mol. The van der Waals surface area contributed by atoms with Gasteiger partial charge in [0.2, 0.25) is 0 Å². The van der Waals surface area contributed by atoms with Crippen LogP contribution in [0.3, 0.4) is 0 Å². The van der Waals surface area contributed by atoms with Crippen molar-refractivity contribution in [2.75, 3.05) is 26.4 Å². The summed E-state index contributed by atoms with van der Waals surface area (Å²) in [5.74, 6) is -2.15. The lowest BCUT2D eigenvalue weighted by atomic mass is 10.2. The van der Waals surface area contributed by atoms with Crippen molar-refractivity contribution in [3.05, 3.63) is 0 Å². The number of esters is 2. The Morgan fingerprint density at radius 3 is 1.54 bits per heavy atom. The molecule has 2 saturated heterocycles. The Kier molecular flexibility index (Phi) is 7.40. The van der Waals surface area contributed by atoms with Gasteiger partial charge in [-0.05, 0) is 26.7 Å². The fourth-order valence-corrected chi connectivity index (χ4v) is 2.63. The third-order valence-electron chi connectivity index (χ3n) is 4.66. The van der Waals surface area contributed by atoms with Crippen LogP contribution in [-0.2, 0) is 38.0 Å². The zero-order chi connectivity index (χ0) is 19.2. The van der Waals surface area contributed by atoms with Gasteiger partial charge in [0.25, 0.3) is 0 Å². The summed E-state index contributed by atoms with van der Waals surface area (Å²) in [6, 6.07) is 0. The van der Waals surface area contributed by atoms with Crippen molar-refractivity contribution in [2.24, 2.45) is 0 Å². The Hall–Kier alpha value is -1.22. The minimum Gasteiger partial charge on any atom is -0.463 e. The summed E-state index contributed by atoms with van der Waals surface area (Å²) in [6.07, 6.45) is 0.817. The molecule has 26 heavy (non-hydrogen) atoms. The highest BCUT2D eigenvalue weighted by Crippen LogP contribution is 2.27. The van der Waals surface area contributed by atoms with Crippen LogP contribution in [0.4, 0.5) is 0 Å². The maximum Gasteiger partial charge on any atom is 0.306 e. The normalized spacial score (nSPS) is 34.0.